The van der Waals surface area contributed by atoms with Crippen LogP contribution in [0.1, 0.15) is 5.56 Å². The van der Waals surface area contributed by atoms with Crippen molar-refractivity contribution in [1.82, 2.24) is 4.90 Å². The van der Waals surface area contributed by atoms with Crippen LogP contribution in [0.3, 0.4) is 0 Å². The van der Waals surface area contributed by atoms with Crippen molar-refractivity contribution in [1.29, 1.82) is 0 Å². The van der Waals surface area contributed by atoms with Crippen LogP contribution in [0.4, 0.5) is 0 Å². The zero-order chi connectivity index (χ0) is 16.8. The number of morpholine rings is 1. The van der Waals surface area contributed by atoms with E-state index in [-0.39, 0.29) is 12.5 Å². The van der Waals surface area contributed by atoms with E-state index < -0.39 is 0 Å². The Morgan fingerprint density at radius 1 is 1.25 bits per heavy atom. The molecule has 24 heavy (non-hydrogen) atoms. The Labute approximate surface area is 140 Å². The molecule has 1 heterocycles. The molecule has 0 aromatic heterocycles. The van der Waals surface area contributed by atoms with Crippen LogP contribution in [0.5, 0.6) is 5.75 Å². The maximum atomic E-state index is 12.0. The van der Waals surface area contributed by atoms with Crippen LogP contribution in [0, 0.1) is 0 Å². The lowest BCUT2D eigenvalue weighted by Gasteiger charge is -2.26. The molecule has 0 spiro atoms. The number of fused-ring (bicyclic) bond motifs is 1. The van der Waals surface area contributed by atoms with Crippen LogP contribution in [0.15, 0.2) is 41.6 Å². The molecule has 1 aliphatic heterocycles. The molecule has 126 valence electrons. The molecule has 0 atom stereocenters. The minimum atomic E-state index is -0.0830. The summed E-state index contributed by atoms with van der Waals surface area (Å²) in [5.41, 5.74) is 0.828. The van der Waals surface area contributed by atoms with Gasteiger partial charge in [-0.25, -0.2) is 0 Å². The van der Waals surface area contributed by atoms with Crippen LogP contribution in [0.2, 0.25) is 0 Å². The lowest BCUT2D eigenvalue weighted by molar-refractivity contribution is -0.140. The number of rotatable bonds is 5. The van der Waals surface area contributed by atoms with Gasteiger partial charge in [-0.3, -0.25) is 4.79 Å². The van der Waals surface area contributed by atoms with Crippen molar-refractivity contribution in [3.05, 3.63) is 42.0 Å². The van der Waals surface area contributed by atoms with Crippen LogP contribution in [-0.2, 0) is 14.4 Å². The molecule has 1 amide bonds. The summed E-state index contributed by atoms with van der Waals surface area (Å²) in [6.07, 6.45) is 1.59. The van der Waals surface area contributed by atoms with E-state index in [4.69, 9.17) is 14.3 Å². The molecule has 2 aromatic rings. The van der Waals surface area contributed by atoms with E-state index in [1.165, 1.54) is 0 Å². The molecular formula is C18H20N2O4. The van der Waals surface area contributed by atoms with E-state index in [1.54, 1.807) is 18.2 Å². The molecule has 0 N–H and O–H groups in total. The first-order valence-corrected chi connectivity index (χ1v) is 7.86. The summed E-state index contributed by atoms with van der Waals surface area (Å²) >= 11 is 0. The van der Waals surface area contributed by atoms with Gasteiger partial charge in [0, 0.05) is 18.7 Å². The predicted octanol–water partition coefficient (Wildman–Crippen LogP) is 2.06. The monoisotopic (exact) mass is 328 g/mol. The number of methoxy groups -OCH3 is 1. The first-order chi connectivity index (χ1) is 11.8. The number of oxime groups is 1. The Morgan fingerprint density at radius 3 is 2.83 bits per heavy atom. The topological polar surface area (TPSA) is 60.4 Å². The fraction of sp³-hybridized carbons (Fsp3) is 0.333. The Morgan fingerprint density at radius 2 is 2.04 bits per heavy atom. The van der Waals surface area contributed by atoms with Crippen molar-refractivity contribution in [3.8, 4) is 5.75 Å². The van der Waals surface area contributed by atoms with Crippen molar-refractivity contribution in [2.75, 3.05) is 40.0 Å². The molecule has 2 aromatic carbocycles. The summed E-state index contributed by atoms with van der Waals surface area (Å²) in [5, 5.41) is 6.06. The molecule has 0 saturated carbocycles. The van der Waals surface area contributed by atoms with Gasteiger partial charge in [-0.05, 0) is 16.8 Å². The van der Waals surface area contributed by atoms with Crippen molar-refractivity contribution in [3.63, 3.8) is 0 Å². The van der Waals surface area contributed by atoms with E-state index in [0.717, 1.165) is 16.3 Å². The maximum Gasteiger partial charge on any atom is 0.263 e. The molecule has 3 rings (SSSR count). The minimum absolute atomic E-state index is 0.0798. The number of nitrogens with zero attached hydrogens (tertiary/aromatic N) is 2. The summed E-state index contributed by atoms with van der Waals surface area (Å²) in [7, 11) is 1.62. The van der Waals surface area contributed by atoms with Crippen LogP contribution in [-0.4, -0.2) is 57.0 Å². The SMILES string of the molecule is COc1ccc2ccccc2c1C=NOCC(=O)N1CCOCC1. The van der Waals surface area contributed by atoms with E-state index in [0.29, 0.717) is 32.1 Å². The second kappa shape index (κ2) is 7.79. The Bertz CT molecular complexity index is 739. The Hall–Kier alpha value is -2.60. The first kappa shape index (κ1) is 16.3. The quantitative estimate of drug-likeness (QED) is 0.623. The van der Waals surface area contributed by atoms with E-state index in [9.17, 15) is 4.79 Å². The molecule has 0 bridgehead atoms. The largest absolute Gasteiger partial charge is 0.496 e. The average Bonchev–Trinajstić information content (AvgIpc) is 2.65. The highest BCUT2D eigenvalue weighted by Crippen LogP contribution is 2.26. The molecule has 6 heteroatoms. The van der Waals surface area contributed by atoms with Crippen LogP contribution in [0.25, 0.3) is 10.8 Å². The van der Waals surface area contributed by atoms with E-state index in [2.05, 4.69) is 5.16 Å². The highest BCUT2D eigenvalue weighted by molar-refractivity contribution is 6.02. The van der Waals surface area contributed by atoms with Crippen molar-refractivity contribution < 1.29 is 19.1 Å². The van der Waals surface area contributed by atoms with Gasteiger partial charge < -0.3 is 19.2 Å². The van der Waals surface area contributed by atoms with Crippen molar-refractivity contribution >= 4 is 22.9 Å². The van der Waals surface area contributed by atoms with Gasteiger partial charge in [-0.2, -0.15) is 0 Å². The second-order valence-electron chi connectivity index (χ2n) is 5.40. The predicted molar refractivity (Wildman–Crippen MR) is 91.4 cm³/mol. The highest BCUT2D eigenvalue weighted by Gasteiger charge is 2.16. The third-order valence-electron chi connectivity index (χ3n) is 3.96. The summed E-state index contributed by atoms with van der Waals surface area (Å²) in [4.78, 5) is 18.9. The second-order valence-corrected chi connectivity index (χ2v) is 5.40. The third kappa shape index (κ3) is 3.65. The van der Waals surface area contributed by atoms with Gasteiger partial charge in [0.2, 0.25) is 0 Å². The molecule has 6 nitrogen and oxygen atoms in total. The molecule has 0 radical (unpaired) electrons. The smallest absolute Gasteiger partial charge is 0.263 e. The fourth-order valence-corrected chi connectivity index (χ4v) is 2.67. The summed E-state index contributed by atoms with van der Waals surface area (Å²) in [5.74, 6) is 0.626. The molecule has 0 unspecified atom stereocenters. The van der Waals surface area contributed by atoms with Gasteiger partial charge in [0.1, 0.15) is 5.75 Å². The number of carbonyl (C=O) groups excluding carboxylic acids is 1. The molecule has 0 aliphatic carbocycles. The molecule has 1 aliphatic rings. The lowest BCUT2D eigenvalue weighted by atomic mass is 10.0. The lowest BCUT2D eigenvalue weighted by Crippen LogP contribution is -2.42. The Balaban J connectivity index is 1.68. The first-order valence-electron chi connectivity index (χ1n) is 7.86. The van der Waals surface area contributed by atoms with Gasteiger partial charge in [0.25, 0.3) is 5.91 Å². The molecular weight excluding hydrogens is 308 g/mol. The van der Waals surface area contributed by atoms with Gasteiger partial charge >= 0.3 is 0 Å². The van der Waals surface area contributed by atoms with Crippen molar-refractivity contribution in [2.24, 2.45) is 5.16 Å². The number of hydrogen-bond donors (Lipinski definition) is 0. The van der Waals surface area contributed by atoms with Crippen LogP contribution >= 0.6 is 0 Å². The number of amides is 1. The summed E-state index contributed by atoms with van der Waals surface area (Å²) < 4.78 is 10.6. The average molecular weight is 328 g/mol. The normalized spacial score (nSPS) is 15.0. The van der Waals surface area contributed by atoms with Gasteiger partial charge in [0.15, 0.2) is 6.61 Å². The van der Waals surface area contributed by atoms with Crippen LogP contribution < -0.4 is 4.74 Å². The minimum Gasteiger partial charge on any atom is -0.496 e. The fourth-order valence-electron chi connectivity index (χ4n) is 2.67. The Kier molecular flexibility index (Phi) is 5.28. The van der Waals surface area contributed by atoms with E-state index >= 15 is 0 Å². The number of hydrogen-bond acceptors (Lipinski definition) is 5. The molecule has 1 fully saturated rings. The third-order valence-corrected chi connectivity index (χ3v) is 3.96. The van der Waals surface area contributed by atoms with Gasteiger partial charge in [-0.15, -0.1) is 0 Å². The highest BCUT2D eigenvalue weighted by atomic mass is 16.6. The van der Waals surface area contributed by atoms with E-state index in [1.807, 2.05) is 36.4 Å². The zero-order valence-electron chi connectivity index (χ0n) is 13.6. The number of benzene rings is 2. The van der Waals surface area contributed by atoms with Gasteiger partial charge in [0.05, 0.1) is 26.5 Å². The maximum absolute atomic E-state index is 12.0. The zero-order valence-corrected chi connectivity index (χ0v) is 13.6. The summed E-state index contributed by atoms with van der Waals surface area (Å²) in [6.45, 7) is 2.26. The standard InChI is InChI=1S/C18H20N2O4/c1-22-17-7-6-14-4-2-3-5-15(14)16(17)12-19-24-13-18(21)20-8-10-23-11-9-20/h2-7,12H,8-11,13H2,1H3. The summed E-state index contributed by atoms with van der Waals surface area (Å²) in [6, 6.07) is 11.8. The number of carbonyl (C=O) groups is 1. The number of ether oxygens (including phenoxy) is 2. The van der Waals surface area contributed by atoms with Crippen molar-refractivity contribution in [2.45, 2.75) is 0 Å². The molecule has 1 saturated heterocycles. The van der Waals surface area contributed by atoms with Gasteiger partial charge in [-0.1, -0.05) is 35.5 Å².